The lowest BCUT2D eigenvalue weighted by atomic mass is 10.0. The van der Waals surface area contributed by atoms with Crippen LogP contribution in [0.1, 0.15) is 44.6 Å². The second kappa shape index (κ2) is 6.58. The Labute approximate surface area is 118 Å². The molecule has 1 saturated carbocycles. The second-order valence-corrected chi connectivity index (χ2v) is 6.00. The van der Waals surface area contributed by atoms with Crippen molar-refractivity contribution >= 4 is 15.9 Å². The molecule has 1 aromatic rings. The first-order chi connectivity index (χ1) is 8.69. The fourth-order valence-electron chi connectivity index (χ4n) is 2.41. The molecule has 0 heterocycles. The van der Waals surface area contributed by atoms with Crippen molar-refractivity contribution in [1.29, 1.82) is 0 Å². The minimum absolute atomic E-state index is 0.225. The average Bonchev–Trinajstić information content (AvgIpc) is 2.86. The van der Waals surface area contributed by atoms with Crippen LogP contribution in [0.3, 0.4) is 0 Å². The van der Waals surface area contributed by atoms with Crippen molar-refractivity contribution < 1.29 is 4.74 Å². The van der Waals surface area contributed by atoms with Crippen LogP contribution >= 0.6 is 15.9 Å². The molecule has 2 N–H and O–H groups in total. The molecule has 3 heteroatoms. The van der Waals surface area contributed by atoms with Crippen LogP contribution in [0.4, 0.5) is 0 Å². The first kappa shape index (κ1) is 13.9. The highest BCUT2D eigenvalue weighted by Gasteiger charge is 2.17. The summed E-state index contributed by atoms with van der Waals surface area (Å²) in [5.41, 5.74) is 7.28. The van der Waals surface area contributed by atoms with Crippen LogP contribution in [0.2, 0.25) is 0 Å². The summed E-state index contributed by atoms with van der Waals surface area (Å²) in [4.78, 5) is 0. The van der Waals surface area contributed by atoms with Crippen molar-refractivity contribution in [1.82, 2.24) is 0 Å². The fraction of sp³-hybridized carbons (Fsp3) is 0.600. The molecule has 0 amide bonds. The summed E-state index contributed by atoms with van der Waals surface area (Å²) in [6.07, 6.45) is 7.31. The van der Waals surface area contributed by atoms with Gasteiger partial charge in [0.15, 0.2) is 0 Å². The van der Waals surface area contributed by atoms with E-state index in [0.717, 1.165) is 23.1 Å². The van der Waals surface area contributed by atoms with Crippen LogP contribution in [-0.4, -0.2) is 12.1 Å². The average molecular weight is 312 g/mol. The second-order valence-electron chi connectivity index (χ2n) is 5.15. The predicted molar refractivity (Wildman–Crippen MR) is 79.0 cm³/mol. The Morgan fingerprint density at radius 1 is 1.39 bits per heavy atom. The van der Waals surface area contributed by atoms with Gasteiger partial charge in [-0.15, -0.1) is 0 Å². The molecule has 1 fully saturated rings. The van der Waals surface area contributed by atoms with Gasteiger partial charge in [-0.1, -0.05) is 22.9 Å². The van der Waals surface area contributed by atoms with E-state index in [2.05, 4.69) is 35.0 Å². The maximum atomic E-state index is 6.03. The maximum Gasteiger partial charge on any atom is 0.120 e. The monoisotopic (exact) mass is 311 g/mol. The van der Waals surface area contributed by atoms with E-state index >= 15 is 0 Å². The van der Waals surface area contributed by atoms with Gasteiger partial charge in [0, 0.05) is 10.5 Å². The molecule has 18 heavy (non-hydrogen) atoms. The summed E-state index contributed by atoms with van der Waals surface area (Å²) in [5, 5.41) is 0. The largest absolute Gasteiger partial charge is 0.490 e. The highest BCUT2D eigenvalue weighted by molar-refractivity contribution is 9.10. The molecule has 1 unspecified atom stereocenters. The van der Waals surface area contributed by atoms with Crippen molar-refractivity contribution in [3.05, 3.63) is 28.2 Å². The van der Waals surface area contributed by atoms with Gasteiger partial charge in [0.2, 0.25) is 0 Å². The number of hydrogen-bond donors (Lipinski definition) is 1. The lowest BCUT2D eigenvalue weighted by Gasteiger charge is -2.16. The molecule has 2 nitrogen and oxygen atoms in total. The van der Waals surface area contributed by atoms with Crippen LogP contribution in [0, 0.1) is 0 Å². The van der Waals surface area contributed by atoms with E-state index < -0.39 is 0 Å². The highest BCUT2D eigenvalue weighted by atomic mass is 79.9. The highest BCUT2D eigenvalue weighted by Crippen LogP contribution is 2.28. The molecule has 1 aliphatic carbocycles. The van der Waals surface area contributed by atoms with E-state index in [1.165, 1.54) is 31.2 Å². The van der Waals surface area contributed by atoms with Gasteiger partial charge in [0.05, 0.1) is 6.10 Å². The van der Waals surface area contributed by atoms with Gasteiger partial charge in [-0.25, -0.2) is 0 Å². The van der Waals surface area contributed by atoms with E-state index in [1.807, 2.05) is 6.07 Å². The number of rotatable bonds is 5. The lowest BCUT2D eigenvalue weighted by molar-refractivity contribution is 0.210. The molecular weight excluding hydrogens is 290 g/mol. The Balaban J connectivity index is 2.05. The molecule has 0 aromatic heterocycles. The zero-order chi connectivity index (χ0) is 13.0. The fourth-order valence-corrected chi connectivity index (χ4v) is 2.81. The topological polar surface area (TPSA) is 35.2 Å². The molecule has 0 radical (unpaired) electrons. The van der Waals surface area contributed by atoms with Crippen molar-refractivity contribution in [2.45, 2.75) is 57.6 Å². The van der Waals surface area contributed by atoms with Crippen LogP contribution < -0.4 is 10.5 Å². The minimum atomic E-state index is 0.225. The van der Waals surface area contributed by atoms with Crippen molar-refractivity contribution in [3.8, 4) is 5.75 Å². The number of hydrogen-bond acceptors (Lipinski definition) is 2. The molecule has 0 aliphatic heterocycles. The van der Waals surface area contributed by atoms with Gasteiger partial charge in [-0.3, -0.25) is 0 Å². The van der Waals surface area contributed by atoms with Gasteiger partial charge in [0.1, 0.15) is 5.75 Å². The van der Waals surface area contributed by atoms with Crippen molar-refractivity contribution in [3.63, 3.8) is 0 Å². The normalized spacial score (nSPS) is 17.9. The molecule has 100 valence electrons. The van der Waals surface area contributed by atoms with E-state index in [4.69, 9.17) is 10.5 Å². The van der Waals surface area contributed by atoms with E-state index in [0.29, 0.717) is 6.10 Å². The summed E-state index contributed by atoms with van der Waals surface area (Å²) in [7, 11) is 0. The standard InChI is InChI=1S/C15H22BrNO/c1-2-12(17)9-11-10-14(7-8-15(11)16)18-13-5-3-4-6-13/h7-8,10,12-13H,2-6,9,17H2,1H3. The Morgan fingerprint density at radius 3 is 2.78 bits per heavy atom. The molecule has 1 aliphatic rings. The summed E-state index contributed by atoms with van der Waals surface area (Å²) in [6.45, 7) is 2.12. The predicted octanol–water partition coefficient (Wildman–Crippen LogP) is 4.05. The molecule has 0 spiro atoms. The third-order valence-electron chi connectivity index (χ3n) is 3.63. The Kier molecular flexibility index (Phi) is 5.07. The molecule has 0 saturated heterocycles. The van der Waals surface area contributed by atoms with Gasteiger partial charge >= 0.3 is 0 Å². The van der Waals surface area contributed by atoms with Crippen LogP contribution in [0.15, 0.2) is 22.7 Å². The van der Waals surface area contributed by atoms with Gasteiger partial charge in [-0.05, 0) is 62.3 Å². The number of nitrogens with two attached hydrogens (primary N) is 1. The van der Waals surface area contributed by atoms with E-state index in [1.54, 1.807) is 0 Å². The Bertz CT molecular complexity index is 388. The van der Waals surface area contributed by atoms with Gasteiger partial charge in [-0.2, -0.15) is 0 Å². The first-order valence-electron chi connectivity index (χ1n) is 6.89. The van der Waals surface area contributed by atoms with Crippen LogP contribution in [0.25, 0.3) is 0 Å². The molecule has 0 bridgehead atoms. The Hall–Kier alpha value is -0.540. The SMILES string of the molecule is CCC(N)Cc1cc(OC2CCCC2)ccc1Br. The summed E-state index contributed by atoms with van der Waals surface area (Å²) in [5.74, 6) is 0.989. The summed E-state index contributed by atoms with van der Waals surface area (Å²) < 4.78 is 7.15. The zero-order valence-corrected chi connectivity index (χ0v) is 12.6. The minimum Gasteiger partial charge on any atom is -0.490 e. The quantitative estimate of drug-likeness (QED) is 0.890. The third kappa shape index (κ3) is 3.72. The smallest absolute Gasteiger partial charge is 0.120 e. The number of benzene rings is 1. The Morgan fingerprint density at radius 2 is 2.11 bits per heavy atom. The maximum absolute atomic E-state index is 6.03. The lowest BCUT2D eigenvalue weighted by Crippen LogP contribution is -2.21. The van der Waals surface area contributed by atoms with E-state index in [-0.39, 0.29) is 6.04 Å². The molecule has 2 rings (SSSR count). The zero-order valence-electron chi connectivity index (χ0n) is 11.0. The first-order valence-corrected chi connectivity index (χ1v) is 7.69. The third-order valence-corrected chi connectivity index (χ3v) is 4.40. The van der Waals surface area contributed by atoms with Gasteiger partial charge in [0.25, 0.3) is 0 Å². The van der Waals surface area contributed by atoms with Crippen molar-refractivity contribution in [2.75, 3.05) is 0 Å². The molecular formula is C15H22BrNO. The summed E-state index contributed by atoms with van der Waals surface area (Å²) in [6, 6.07) is 6.48. The van der Waals surface area contributed by atoms with Crippen LogP contribution in [0.5, 0.6) is 5.75 Å². The summed E-state index contributed by atoms with van der Waals surface area (Å²) >= 11 is 3.59. The molecule has 1 atom stereocenters. The molecule has 1 aromatic carbocycles. The number of halogens is 1. The van der Waals surface area contributed by atoms with Gasteiger partial charge < -0.3 is 10.5 Å². The number of ether oxygens (including phenoxy) is 1. The van der Waals surface area contributed by atoms with Crippen LogP contribution in [-0.2, 0) is 6.42 Å². The van der Waals surface area contributed by atoms with E-state index in [9.17, 15) is 0 Å². The van der Waals surface area contributed by atoms with Crippen molar-refractivity contribution in [2.24, 2.45) is 5.73 Å².